The van der Waals surface area contributed by atoms with E-state index < -0.39 is 11.8 Å². The summed E-state index contributed by atoms with van der Waals surface area (Å²) < 4.78 is 0. The fourth-order valence-electron chi connectivity index (χ4n) is 2.56. The van der Waals surface area contributed by atoms with E-state index in [9.17, 15) is 9.59 Å². The molecule has 2 aromatic rings. The molecule has 0 radical (unpaired) electrons. The van der Waals surface area contributed by atoms with E-state index in [1.165, 1.54) is 11.2 Å². The van der Waals surface area contributed by atoms with Crippen molar-refractivity contribution >= 4 is 28.9 Å². The number of hydrogen-bond acceptors (Lipinski definition) is 5. The van der Waals surface area contributed by atoms with Gasteiger partial charge < -0.3 is 0 Å². The number of nitrogens with zero attached hydrogens (tertiary/aromatic N) is 4. The van der Waals surface area contributed by atoms with E-state index in [4.69, 9.17) is 0 Å². The molecule has 3 rings (SSSR count). The number of carbonyl (C=O) groups excluding carboxylic acids is 2. The number of para-hydroxylation sites is 1. The molecule has 25 heavy (non-hydrogen) atoms. The zero-order chi connectivity index (χ0) is 17.8. The Kier molecular flexibility index (Phi) is 4.65. The minimum absolute atomic E-state index is 0.197. The maximum atomic E-state index is 12.7. The van der Waals surface area contributed by atoms with Crippen LogP contribution in [-0.2, 0) is 4.79 Å². The summed E-state index contributed by atoms with van der Waals surface area (Å²) in [5.74, 6) is -1.22. The Hall–Kier alpha value is -3.35. The first-order valence-electron chi connectivity index (χ1n) is 7.77. The Morgan fingerprint density at radius 3 is 2.56 bits per heavy atom. The van der Waals surface area contributed by atoms with Gasteiger partial charge in [0.1, 0.15) is 11.6 Å². The number of aromatic nitrogens is 1. The van der Waals surface area contributed by atoms with E-state index in [2.05, 4.69) is 20.6 Å². The largest absolute Gasteiger partial charge is 0.289 e. The number of hydrogen-bond donors (Lipinski definition) is 1. The number of nitrogens with one attached hydrogen (secondary N) is 1. The summed E-state index contributed by atoms with van der Waals surface area (Å²) in [7, 11) is 0. The lowest BCUT2D eigenvalue weighted by molar-refractivity contribution is -0.118. The summed E-state index contributed by atoms with van der Waals surface area (Å²) in [5.41, 5.74) is 4.48. The van der Waals surface area contributed by atoms with E-state index in [1.54, 1.807) is 32.0 Å². The van der Waals surface area contributed by atoms with Crippen molar-refractivity contribution in [1.29, 1.82) is 0 Å². The fourth-order valence-corrected chi connectivity index (χ4v) is 2.56. The van der Waals surface area contributed by atoms with E-state index in [1.807, 2.05) is 30.3 Å². The van der Waals surface area contributed by atoms with Crippen molar-refractivity contribution in [1.82, 2.24) is 10.4 Å². The van der Waals surface area contributed by atoms with Crippen LogP contribution in [0.5, 0.6) is 0 Å². The topological polar surface area (TPSA) is 87.0 Å². The normalized spacial score (nSPS) is 17.4. The summed E-state index contributed by atoms with van der Waals surface area (Å²) in [5, 5.41) is 9.74. The molecule has 1 aromatic carbocycles. The molecule has 0 spiro atoms. The van der Waals surface area contributed by atoms with Gasteiger partial charge in [0.2, 0.25) is 0 Å². The summed E-state index contributed by atoms with van der Waals surface area (Å²) in [6, 6.07) is 14.2. The minimum atomic E-state index is -0.593. The standard InChI is InChI=1S/C18H17N5O2/c1-12(20-21-17(24)15-10-6-7-11-19-15)16-13(2)22-23(18(16)25)14-8-4-3-5-9-14/h3-11,16H,1-2H3,(H,21,24)/b20-12-/t16-/m1/s1. The third kappa shape index (κ3) is 3.45. The number of rotatable bonds is 4. The van der Waals surface area contributed by atoms with Crippen LogP contribution in [0.25, 0.3) is 0 Å². The lowest BCUT2D eigenvalue weighted by Gasteiger charge is -2.14. The van der Waals surface area contributed by atoms with Crippen LogP contribution in [-0.4, -0.2) is 28.2 Å². The first kappa shape index (κ1) is 16.5. The third-order valence-corrected chi connectivity index (χ3v) is 3.78. The molecule has 7 heteroatoms. The quantitative estimate of drug-likeness (QED) is 0.686. The van der Waals surface area contributed by atoms with E-state index in [0.717, 1.165) is 0 Å². The Bertz CT molecular complexity index is 846. The molecule has 0 fully saturated rings. The second-order valence-corrected chi connectivity index (χ2v) is 5.57. The third-order valence-electron chi connectivity index (χ3n) is 3.78. The Labute approximate surface area is 145 Å². The molecule has 2 amide bonds. The molecule has 1 atom stereocenters. The van der Waals surface area contributed by atoms with E-state index >= 15 is 0 Å². The molecule has 2 heterocycles. The molecule has 7 nitrogen and oxygen atoms in total. The van der Waals surface area contributed by atoms with Crippen LogP contribution < -0.4 is 10.4 Å². The molecule has 0 bridgehead atoms. The van der Waals surface area contributed by atoms with Gasteiger partial charge in [-0.2, -0.15) is 15.2 Å². The van der Waals surface area contributed by atoms with E-state index in [0.29, 0.717) is 17.1 Å². The number of amides is 2. The first-order valence-corrected chi connectivity index (χ1v) is 7.77. The van der Waals surface area contributed by atoms with Crippen LogP contribution in [0, 0.1) is 5.92 Å². The maximum Gasteiger partial charge on any atom is 0.289 e. The van der Waals surface area contributed by atoms with Gasteiger partial charge in [0.25, 0.3) is 11.8 Å². The number of benzene rings is 1. The molecular formula is C18H17N5O2. The van der Waals surface area contributed by atoms with Crippen molar-refractivity contribution in [3.8, 4) is 0 Å². The Morgan fingerprint density at radius 2 is 1.88 bits per heavy atom. The molecule has 0 saturated carbocycles. The highest BCUT2D eigenvalue weighted by molar-refractivity contribution is 6.27. The monoisotopic (exact) mass is 335 g/mol. The van der Waals surface area contributed by atoms with Crippen LogP contribution >= 0.6 is 0 Å². The maximum absolute atomic E-state index is 12.7. The van der Waals surface area contributed by atoms with Crippen LogP contribution in [0.3, 0.4) is 0 Å². The average molecular weight is 335 g/mol. The highest BCUT2D eigenvalue weighted by Gasteiger charge is 2.36. The molecule has 0 saturated heterocycles. The lowest BCUT2D eigenvalue weighted by atomic mass is 9.99. The van der Waals surface area contributed by atoms with Crippen LogP contribution in [0.15, 0.2) is 64.9 Å². The average Bonchev–Trinajstić information content (AvgIpc) is 2.95. The molecule has 1 aromatic heterocycles. The van der Waals surface area contributed by atoms with Crippen LogP contribution in [0.4, 0.5) is 5.69 Å². The Morgan fingerprint density at radius 1 is 1.16 bits per heavy atom. The van der Waals surface area contributed by atoms with Crippen LogP contribution in [0.2, 0.25) is 0 Å². The SMILES string of the molecule is CC1=NN(c2ccccc2)C(=O)[C@@H]1/C(C)=N\NC(=O)c1ccccn1. The highest BCUT2D eigenvalue weighted by atomic mass is 16.2. The number of pyridine rings is 1. The van der Waals surface area contributed by atoms with Crippen molar-refractivity contribution < 1.29 is 9.59 Å². The predicted molar refractivity (Wildman–Crippen MR) is 95.3 cm³/mol. The van der Waals surface area contributed by atoms with Crippen LogP contribution in [0.1, 0.15) is 24.3 Å². The van der Waals surface area contributed by atoms with Gasteiger partial charge in [-0.05, 0) is 38.1 Å². The fraction of sp³-hybridized carbons (Fsp3) is 0.167. The van der Waals surface area contributed by atoms with Gasteiger partial charge in [0.05, 0.1) is 17.1 Å². The second-order valence-electron chi connectivity index (χ2n) is 5.57. The van der Waals surface area contributed by atoms with Crippen molar-refractivity contribution in [3.05, 3.63) is 60.4 Å². The lowest BCUT2D eigenvalue weighted by Crippen LogP contribution is -2.33. The predicted octanol–water partition coefficient (Wildman–Crippen LogP) is 2.23. The molecular weight excluding hydrogens is 318 g/mol. The van der Waals surface area contributed by atoms with Gasteiger partial charge in [-0.25, -0.2) is 5.43 Å². The molecule has 1 aliphatic heterocycles. The van der Waals surface area contributed by atoms with Crippen molar-refractivity contribution in [2.75, 3.05) is 5.01 Å². The molecule has 1 aliphatic rings. The zero-order valence-corrected chi connectivity index (χ0v) is 13.9. The Balaban J connectivity index is 1.74. The van der Waals surface area contributed by atoms with Gasteiger partial charge in [0, 0.05) is 6.20 Å². The zero-order valence-electron chi connectivity index (χ0n) is 13.9. The summed E-state index contributed by atoms with van der Waals surface area (Å²) in [6.45, 7) is 3.46. The van der Waals surface area contributed by atoms with Gasteiger partial charge in [-0.1, -0.05) is 24.3 Å². The summed E-state index contributed by atoms with van der Waals surface area (Å²) in [6.07, 6.45) is 1.53. The summed E-state index contributed by atoms with van der Waals surface area (Å²) >= 11 is 0. The number of anilines is 1. The molecule has 1 N–H and O–H groups in total. The van der Waals surface area contributed by atoms with Gasteiger partial charge in [-0.15, -0.1) is 0 Å². The van der Waals surface area contributed by atoms with Gasteiger partial charge in [0.15, 0.2) is 0 Å². The van der Waals surface area contributed by atoms with E-state index in [-0.39, 0.29) is 11.6 Å². The molecule has 0 aliphatic carbocycles. The highest BCUT2D eigenvalue weighted by Crippen LogP contribution is 2.24. The minimum Gasteiger partial charge on any atom is -0.271 e. The van der Waals surface area contributed by atoms with Gasteiger partial charge in [-0.3, -0.25) is 14.6 Å². The second kappa shape index (κ2) is 7.04. The van der Waals surface area contributed by atoms with Crippen molar-refractivity contribution in [2.45, 2.75) is 13.8 Å². The smallest absolute Gasteiger partial charge is 0.271 e. The molecule has 126 valence electrons. The van der Waals surface area contributed by atoms with Gasteiger partial charge >= 0.3 is 0 Å². The van der Waals surface area contributed by atoms with Crippen molar-refractivity contribution in [2.24, 2.45) is 16.1 Å². The number of hydrazone groups is 2. The summed E-state index contributed by atoms with van der Waals surface area (Å²) in [4.78, 5) is 28.6. The first-order chi connectivity index (χ1) is 12.1. The number of carbonyl (C=O) groups is 2. The van der Waals surface area contributed by atoms with Crippen molar-refractivity contribution in [3.63, 3.8) is 0 Å². The molecule has 0 unspecified atom stereocenters.